The molecule has 0 saturated heterocycles. The quantitative estimate of drug-likeness (QED) is 0.878. The average molecular weight is 304 g/mol. The Labute approximate surface area is 108 Å². The van der Waals surface area contributed by atoms with E-state index in [1.54, 1.807) is 6.07 Å². The summed E-state index contributed by atoms with van der Waals surface area (Å²) in [4.78, 5) is 11.8. The normalized spacial score (nSPS) is 12.2. The van der Waals surface area contributed by atoms with Gasteiger partial charge >= 0.3 is 0 Å². The number of benzene rings is 1. The number of halogens is 2. The van der Waals surface area contributed by atoms with Crippen LogP contribution >= 0.6 is 15.9 Å². The molecule has 0 aliphatic rings. The van der Waals surface area contributed by atoms with Crippen molar-refractivity contribution in [2.24, 2.45) is 0 Å². The molecule has 0 spiro atoms. The van der Waals surface area contributed by atoms with Crippen molar-refractivity contribution in [3.05, 3.63) is 34.1 Å². The molecule has 0 fully saturated rings. The van der Waals surface area contributed by atoms with Crippen molar-refractivity contribution in [3.8, 4) is 0 Å². The van der Waals surface area contributed by atoms with E-state index >= 15 is 0 Å². The van der Waals surface area contributed by atoms with Crippen molar-refractivity contribution in [1.29, 1.82) is 0 Å². The predicted molar refractivity (Wildman–Crippen MR) is 67.3 cm³/mol. The summed E-state index contributed by atoms with van der Waals surface area (Å²) in [5.74, 6) is -0.978. The van der Waals surface area contributed by atoms with Crippen LogP contribution in [0.2, 0.25) is 0 Å². The Bertz CT molecular complexity index is 398. The fraction of sp³-hybridized carbons (Fsp3) is 0.417. The number of carbonyl (C=O) groups is 1. The van der Waals surface area contributed by atoms with Crippen LogP contribution in [0.3, 0.4) is 0 Å². The number of amides is 1. The molecule has 5 heteroatoms. The molecule has 3 nitrogen and oxygen atoms in total. The van der Waals surface area contributed by atoms with Gasteiger partial charge in [-0.05, 0) is 38.0 Å². The van der Waals surface area contributed by atoms with E-state index in [4.69, 9.17) is 5.11 Å². The molecule has 0 radical (unpaired) electrons. The highest BCUT2D eigenvalue weighted by Crippen LogP contribution is 2.15. The summed E-state index contributed by atoms with van der Waals surface area (Å²) in [6.45, 7) is 1.91. The molecule has 94 valence electrons. The lowest BCUT2D eigenvalue weighted by Crippen LogP contribution is -2.33. The minimum absolute atomic E-state index is 0.0234. The Kier molecular flexibility index (Phi) is 5.58. The second-order valence-electron chi connectivity index (χ2n) is 3.86. The van der Waals surface area contributed by atoms with Gasteiger partial charge in [-0.1, -0.05) is 15.9 Å². The van der Waals surface area contributed by atoms with Crippen molar-refractivity contribution in [2.75, 3.05) is 6.61 Å². The van der Waals surface area contributed by atoms with Crippen molar-refractivity contribution >= 4 is 21.8 Å². The number of hydrogen-bond acceptors (Lipinski definition) is 2. The van der Waals surface area contributed by atoms with Crippen LogP contribution in [0.1, 0.15) is 30.1 Å². The van der Waals surface area contributed by atoms with Gasteiger partial charge in [0, 0.05) is 17.1 Å². The minimum atomic E-state index is -0.542. The van der Waals surface area contributed by atoms with Crippen LogP contribution in [0.5, 0.6) is 0 Å². The van der Waals surface area contributed by atoms with Crippen LogP contribution in [-0.4, -0.2) is 23.7 Å². The Balaban J connectivity index is 2.66. The van der Waals surface area contributed by atoms with E-state index < -0.39 is 11.7 Å². The number of rotatable bonds is 5. The number of carbonyl (C=O) groups excluding carboxylic acids is 1. The van der Waals surface area contributed by atoms with Gasteiger partial charge in [0.25, 0.3) is 5.91 Å². The lowest BCUT2D eigenvalue weighted by atomic mass is 10.1. The van der Waals surface area contributed by atoms with Gasteiger partial charge in [0.1, 0.15) is 5.82 Å². The summed E-state index contributed by atoms with van der Waals surface area (Å²) in [5, 5.41) is 11.4. The number of nitrogens with one attached hydrogen (secondary N) is 1. The first-order chi connectivity index (χ1) is 8.04. The molecule has 0 aliphatic carbocycles. The minimum Gasteiger partial charge on any atom is -0.396 e. The Morgan fingerprint density at radius 2 is 2.29 bits per heavy atom. The molecule has 0 heterocycles. The maximum atomic E-state index is 13.4. The van der Waals surface area contributed by atoms with E-state index in [2.05, 4.69) is 21.2 Å². The first-order valence-corrected chi connectivity index (χ1v) is 6.20. The third-order valence-electron chi connectivity index (χ3n) is 2.35. The van der Waals surface area contributed by atoms with E-state index in [0.717, 1.165) is 0 Å². The van der Waals surface area contributed by atoms with Crippen molar-refractivity contribution in [3.63, 3.8) is 0 Å². The van der Waals surface area contributed by atoms with Crippen molar-refractivity contribution in [1.82, 2.24) is 5.32 Å². The number of hydrogen-bond donors (Lipinski definition) is 2. The second-order valence-corrected chi connectivity index (χ2v) is 4.78. The summed E-state index contributed by atoms with van der Waals surface area (Å²) in [6.07, 6.45) is 1.28. The molecule has 1 aromatic rings. The van der Waals surface area contributed by atoms with E-state index in [-0.39, 0.29) is 18.2 Å². The van der Waals surface area contributed by atoms with Gasteiger partial charge in [0.2, 0.25) is 0 Å². The molecule has 0 bridgehead atoms. The smallest absolute Gasteiger partial charge is 0.254 e. The van der Waals surface area contributed by atoms with Crippen molar-refractivity contribution < 1.29 is 14.3 Å². The molecular formula is C12H15BrFNO2. The highest BCUT2D eigenvalue weighted by molar-refractivity contribution is 9.10. The zero-order valence-corrected chi connectivity index (χ0v) is 11.1. The van der Waals surface area contributed by atoms with Gasteiger partial charge in [-0.15, -0.1) is 0 Å². The largest absolute Gasteiger partial charge is 0.396 e. The van der Waals surface area contributed by atoms with E-state index in [1.165, 1.54) is 12.1 Å². The number of aliphatic hydroxyl groups is 1. The summed E-state index contributed by atoms with van der Waals surface area (Å²) < 4.78 is 14.1. The molecule has 0 aromatic heterocycles. The number of aliphatic hydroxyl groups excluding tert-OH is 1. The summed E-state index contributed by atoms with van der Waals surface area (Å²) in [6, 6.07) is 4.15. The average Bonchev–Trinajstić information content (AvgIpc) is 2.29. The first-order valence-electron chi connectivity index (χ1n) is 5.41. The van der Waals surface area contributed by atoms with E-state index in [0.29, 0.717) is 17.3 Å². The molecular weight excluding hydrogens is 289 g/mol. The Hall–Kier alpha value is -0.940. The van der Waals surface area contributed by atoms with Gasteiger partial charge in [-0.2, -0.15) is 0 Å². The van der Waals surface area contributed by atoms with Crippen LogP contribution in [0.4, 0.5) is 4.39 Å². The molecule has 1 aromatic carbocycles. The monoisotopic (exact) mass is 303 g/mol. The lowest BCUT2D eigenvalue weighted by molar-refractivity contribution is 0.0932. The van der Waals surface area contributed by atoms with Crippen molar-refractivity contribution in [2.45, 2.75) is 25.8 Å². The third kappa shape index (κ3) is 4.44. The fourth-order valence-electron chi connectivity index (χ4n) is 1.44. The molecule has 0 aliphatic heterocycles. The Morgan fingerprint density at radius 1 is 1.59 bits per heavy atom. The van der Waals surface area contributed by atoms with E-state index in [1.807, 2.05) is 6.92 Å². The van der Waals surface area contributed by atoms with Crippen LogP contribution in [0.15, 0.2) is 22.7 Å². The van der Waals surface area contributed by atoms with Gasteiger partial charge in [0.15, 0.2) is 0 Å². The maximum Gasteiger partial charge on any atom is 0.254 e. The summed E-state index contributed by atoms with van der Waals surface area (Å²) >= 11 is 3.19. The van der Waals surface area contributed by atoms with Crippen LogP contribution in [0.25, 0.3) is 0 Å². The SMILES string of the molecule is CC(CCCO)NC(=O)c1cc(Br)ccc1F. The van der Waals surface area contributed by atoms with Gasteiger partial charge in [-0.3, -0.25) is 4.79 Å². The summed E-state index contributed by atoms with van der Waals surface area (Å²) in [7, 11) is 0. The van der Waals surface area contributed by atoms with Gasteiger partial charge in [0.05, 0.1) is 5.56 Å². The fourth-order valence-corrected chi connectivity index (χ4v) is 1.80. The third-order valence-corrected chi connectivity index (χ3v) is 2.84. The Morgan fingerprint density at radius 3 is 2.94 bits per heavy atom. The summed E-state index contributed by atoms with van der Waals surface area (Å²) in [5.41, 5.74) is 0.0234. The van der Waals surface area contributed by atoms with Crippen LogP contribution in [0, 0.1) is 5.82 Å². The zero-order valence-electron chi connectivity index (χ0n) is 9.54. The molecule has 2 N–H and O–H groups in total. The predicted octanol–water partition coefficient (Wildman–Crippen LogP) is 2.48. The molecule has 0 saturated carbocycles. The van der Waals surface area contributed by atoms with Gasteiger partial charge < -0.3 is 10.4 Å². The molecule has 1 unspecified atom stereocenters. The highest BCUT2D eigenvalue weighted by Gasteiger charge is 2.14. The molecule has 1 atom stereocenters. The van der Waals surface area contributed by atoms with Crippen LogP contribution in [-0.2, 0) is 0 Å². The lowest BCUT2D eigenvalue weighted by Gasteiger charge is -2.13. The zero-order chi connectivity index (χ0) is 12.8. The maximum absolute atomic E-state index is 13.4. The van der Waals surface area contributed by atoms with Crippen LogP contribution < -0.4 is 5.32 Å². The first kappa shape index (κ1) is 14.1. The molecule has 17 heavy (non-hydrogen) atoms. The standard InChI is InChI=1S/C12H15BrFNO2/c1-8(3-2-6-16)15-12(17)10-7-9(13)4-5-11(10)14/h4-5,7-8,16H,2-3,6H2,1H3,(H,15,17). The second kappa shape index (κ2) is 6.71. The topological polar surface area (TPSA) is 49.3 Å². The highest BCUT2D eigenvalue weighted by atomic mass is 79.9. The molecule has 1 rings (SSSR count). The van der Waals surface area contributed by atoms with E-state index in [9.17, 15) is 9.18 Å². The molecule has 1 amide bonds. The van der Waals surface area contributed by atoms with Gasteiger partial charge in [-0.25, -0.2) is 4.39 Å².